The fraction of sp³-hybridized carbons (Fsp3) is 0.360. The van der Waals surface area contributed by atoms with Crippen LogP contribution < -0.4 is 10.2 Å². The molecule has 1 N–H and O–H groups in total. The van der Waals surface area contributed by atoms with E-state index < -0.39 is 0 Å². The number of imidazole rings is 1. The second kappa shape index (κ2) is 9.44. The maximum Gasteiger partial charge on any atom is 0.338 e. The van der Waals surface area contributed by atoms with Crippen LogP contribution in [0.5, 0.6) is 0 Å². The number of rotatable bonds is 8. The van der Waals surface area contributed by atoms with Crippen LogP contribution in [0.4, 0.5) is 11.6 Å². The number of ether oxygens (including phenoxy) is 2. The standard InChI is InChI=1S/C25H30N4O3/c1-5-28(6-2)19-13-11-18(12-14-19)23-22(24(30)32-16-15-31-4)17(3)26-25-27-20-9-7-8-10-21(20)29(23)25/h7-14,23H,5-6,15-16H2,1-4H3,(H,26,27)/t23-/m1/s1. The molecule has 32 heavy (non-hydrogen) atoms. The Morgan fingerprint density at radius 2 is 1.81 bits per heavy atom. The van der Waals surface area contributed by atoms with Crippen molar-refractivity contribution in [3.63, 3.8) is 0 Å². The summed E-state index contributed by atoms with van der Waals surface area (Å²) in [4.78, 5) is 20.2. The molecule has 0 amide bonds. The maximum atomic E-state index is 13.2. The molecule has 1 atom stereocenters. The number of nitrogens with one attached hydrogen (secondary N) is 1. The molecule has 1 aliphatic rings. The van der Waals surface area contributed by atoms with Gasteiger partial charge in [0.15, 0.2) is 0 Å². The highest BCUT2D eigenvalue weighted by molar-refractivity contribution is 5.94. The van der Waals surface area contributed by atoms with Gasteiger partial charge in [0, 0.05) is 31.6 Å². The minimum absolute atomic E-state index is 0.206. The summed E-state index contributed by atoms with van der Waals surface area (Å²) in [7, 11) is 1.59. The van der Waals surface area contributed by atoms with Gasteiger partial charge in [-0.3, -0.25) is 4.57 Å². The minimum atomic E-state index is -0.353. The van der Waals surface area contributed by atoms with Crippen LogP contribution in [0, 0.1) is 0 Å². The summed E-state index contributed by atoms with van der Waals surface area (Å²) in [6, 6.07) is 16.0. The lowest BCUT2D eigenvalue weighted by atomic mass is 9.94. The number of carbonyl (C=O) groups excluding carboxylic acids is 1. The number of hydrogen-bond acceptors (Lipinski definition) is 6. The molecule has 0 unspecified atom stereocenters. The number of para-hydroxylation sites is 2. The van der Waals surface area contributed by atoms with E-state index in [2.05, 4.69) is 52.9 Å². The fourth-order valence-corrected chi connectivity index (χ4v) is 4.30. The van der Waals surface area contributed by atoms with Crippen LogP contribution >= 0.6 is 0 Å². The van der Waals surface area contributed by atoms with Crippen molar-refractivity contribution in [1.29, 1.82) is 0 Å². The highest BCUT2D eigenvalue weighted by atomic mass is 16.6. The molecule has 0 saturated carbocycles. The van der Waals surface area contributed by atoms with Crippen LogP contribution in [-0.4, -0.2) is 48.9 Å². The molecule has 168 valence electrons. The van der Waals surface area contributed by atoms with Crippen molar-refractivity contribution >= 4 is 28.6 Å². The van der Waals surface area contributed by atoms with Crippen molar-refractivity contribution in [2.24, 2.45) is 0 Å². The summed E-state index contributed by atoms with van der Waals surface area (Å²) < 4.78 is 12.7. The van der Waals surface area contributed by atoms with Gasteiger partial charge in [-0.25, -0.2) is 9.78 Å². The molecule has 7 nitrogen and oxygen atoms in total. The number of hydrogen-bond donors (Lipinski definition) is 1. The highest BCUT2D eigenvalue weighted by Crippen LogP contribution is 2.39. The van der Waals surface area contributed by atoms with Crippen molar-refractivity contribution in [3.05, 3.63) is 65.4 Å². The van der Waals surface area contributed by atoms with E-state index in [1.165, 1.54) is 0 Å². The first-order valence-electron chi connectivity index (χ1n) is 11.0. The van der Waals surface area contributed by atoms with Gasteiger partial charge in [-0.05, 0) is 50.6 Å². The van der Waals surface area contributed by atoms with E-state index in [9.17, 15) is 4.79 Å². The van der Waals surface area contributed by atoms with E-state index in [0.29, 0.717) is 12.2 Å². The smallest absolute Gasteiger partial charge is 0.338 e. The molecular weight excluding hydrogens is 404 g/mol. The van der Waals surface area contributed by atoms with E-state index >= 15 is 0 Å². The van der Waals surface area contributed by atoms with Crippen molar-refractivity contribution in [3.8, 4) is 0 Å². The largest absolute Gasteiger partial charge is 0.460 e. The lowest BCUT2D eigenvalue weighted by Crippen LogP contribution is -2.29. The Morgan fingerprint density at radius 3 is 2.50 bits per heavy atom. The zero-order valence-electron chi connectivity index (χ0n) is 19.1. The number of allylic oxidation sites excluding steroid dienone is 1. The highest BCUT2D eigenvalue weighted by Gasteiger charge is 2.35. The molecule has 0 aliphatic carbocycles. The summed E-state index contributed by atoms with van der Waals surface area (Å²) in [6.07, 6.45) is 0. The molecule has 3 aromatic rings. The lowest BCUT2D eigenvalue weighted by molar-refractivity contribution is -0.140. The normalized spacial score (nSPS) is 15.4. The van der Waals surface area contributed by atoms with Crippen LogP contribution in [0.15, 0.2) is 59.8 Å². The first-order valence-corrected chi connectivity index (χ1v) is 11.0. The van der Waals surface area contributed by atoms with E-state index in [1.54, 1.807) is 7.11 Å². The number of benzene rings is 2. The monoisotopic (exact) mass is 434 g/mol. The minimum Gasteiger partial charge on any atom is -0.460 e. The van der Waals surface area contributed by atoms with Crippen LogP contribution in [0.2, 0.25) is 0 Å². The second-order valence-corrected chi connectivity index (χ2v) is 7.75. The predicted octanol–water partition coefficient (Wildman–Crippen LogP) is 4.36. The van der Waals surface area contributed by atoms with Crippen LogP contribution in [0.25, 0.3) is 11.0 Å². The Labute approximate surface area is 188 Å². The number of methoxy groups -OCH3 is 1. The number of anilines is 2. The van der Waals surface area contributed by atoms with Gasteiger partial charge in [-0.1, -0.05) is 24.3 Å². The number of carbonyl (C=O) groups is 1. The van der Waals surface area contributed by atoms with Gasteiger partial charge < -0.3 is 19.7 Å². The summed E-state index contributed by atoms with van der Waals surface area (Å²) in [5.41, 5.74) is 5.32. The Balaban J connectivity index is 1.82. The Bertz CT molecular complexity index is 1130. The molecule has 0 spiro atoms. The SMILES string of the molecule is CCN(CC)c1ccc([C@@H]2C(C(=O)OCCOC)=C(C)Nc3nc4ccccc4n32)cc1. The number of fused-ring (bicyclic) bond motifs is 3. The summed E-state index contributed by atoms with van der Waals surface area (Å²) in [5.74, 6) is 0.364. The maximum absolute atomic E-state index is 13.2. The first-order chi connectivity index (χ1) is 15.6. The molecular formula is C25H30N4O3. The third kappa shape index (κ3) is 3.96. The molecule has 7 heteroatoms. The van der Waals surface area contributed by atoms with Gasteiger partial charge in [-0.15, -0.1) is 0 Å². The Morgan fingerprint density at radius 1 is 1.09 bits per heavy atom. The van der Waals surface area contributed by atoms with Gasteiger partial charge in [-0.2, -0.15) is 0 Å². The average molecular weight is 435 g/mol. The zero-order chi connectivity index (χ0) is 22.7. The molecule has 2 aromatic carbocycles. The average Bonchev–Trinajstić information content (AvgIpc) is 3.17. The van der Waals surface area contributed by atoms with Gasteiger partial charge in [0.2, 0.25) is 5.95 Å². The van der Waals surface area contributed by atoms with Crippen molar-refractivity contribution in [2.45, 2.75) is 26.8 Å². The van der Waals surface area contributed by atoms with Gasteiger partial charge in [0.25, 0.3) is 0 Å². The predicted molar refractivity (Wildman–Crippen MR) is 127 cm³/mol. The fourth-order valence-electron chi connectivity index (χ4n) is 4.30. The topological polar surface area (TPSA) is 68.6 Å². The second-order valence-electron chi connectivity index (χ2n) is 7.75. The summed E-state index contributed by atoms with van der Waals surface area (Å²) in [6.45, 7) is 8.63. The lowest BCUT2D eigenvalue weighted by Gasteiger charge is -2.30. The van der Waals surface area contributed by atoms with Gasteiger partial charge >= 0.3 is 5.97 Å². The molecule has 0 radical (unpaired) electrons. The van der Waals surface area contributed by atoms with Crippen LogP contribution in [0.1, 0.15) is 32.4 Å². The molecule has 0 bridgehead atoms. The van der Waals surface area contributed by atoms with Gasteiger partial charge in [0.05, 0.1) is 29.3 Å². The Kier molecular flexibility index (Phi) is 6.46. The van der Waals surface area contributed by atoms with Crippen molar-refractivity contribution in [2.75, 3.05) is 43.6 Å². The van der Waals surface area contributed by atoms with E-state index in [0.717, 1.165) is 47.0 Å². The van der Waals surface area contributed by atoms with E-state index in [1.807, 2.05) is 31.2 Å². The summed E-state index contributed by atoms with van der Waals surface area (Å²) in [5, 5.41) is 3.31. The molecule has 1 aliphatic heterocycles. The van der Waals surface area contributed by atoms with E-state index in [4.69, 9.17) is 14.5 Å². The van der Waals surface area contributed by atoms with Gasteiger partial charge in [0.1, 0.15) is 6.61 Å². The van der Waals surface area contributed by atoms with E-state index in [-0.39, 0.29) is 18.6 Å². The molecule has 1 aromatic heterocycles. The number of nitrogens with zero attached hydrogens (tertiary/aromatic N) is 3. The third-order valence-corrected chi connectivity index (χ3v) is 5.91. The third-order valence-electron chi connectivity index (χ3n) is 5.91. The Hall–Kier alpha value is -3.32. The van der Waals surface area contributed by atoms with Crippen molar-refractivity contribution < 1.29 is 14.3 Å². The number of aromatic nitrogens is 2. The number of esters is 1. The molecule has 0 fully saturated rings. The van der Waals surface area contributed by atoms with Crippen molar-refractivity contribution in [1.82, 2.24) is 9.55 Å². The molecule has 0 saturated heterocycles. The van der Waals surface area contributed by atoms with Crippen LogP contribution in [-0.2, 0) is 14.3 Å². The molecule has 2 heterocycles. The molecule has 4 rings (SSSR count). The zero-order valence-corrected chi connectivity index (χ0v) is 19.1. The first kappa shape index (κ1) is 21.9. The summed E-state index contributed by atoms with van der Waals surface area (Å²) >= 11 is 0. The van der Waals surface area contributed by atoms with Crippen LogP contribution in [0.3, 0.4) is 0 Å². The quantitative estimate of drug-likeness (QED) is 0.420.